The fourth-order valence-electron chi connectivity index (χ4n) is 2.28. The highest BCUT2D eigenvalue weighted by Crippen LogP contribution is 2.16. The zero-order valence-corrected chi connectivity index (χ0v) is 10.5. The van der Waals surface area contributed by atoms with Crippen molar-refractivity contribution in [1.82, 2.24) is 10.2 Å². The van der Waals surface area contributed by atoms with Crippen LogP contribution in [0.3, 0.4) is 0 Å². The third kappa shape index (κ3) is 3.20. The quantitative estimate of drug-likeness (QED) is 0.720. The van der Waals surface area contributed by atoms with Crippen LogP contribution in [0.1, 0.15) is 47.0 Å². The Morgan fingerprint density at radius 1 is 1.47 bits per heavy atom. The molecule has 0 aromatic rings. The number of nitrogens with zero attached hydrogens (tertiary/aromatic N) is 1. The van der Waals surface area contributed by atoms with Crippen LogP contribution in [0.5, 0.6) is 0 Å². The van der Waals surface area contributed by atoms with E-state index in [-0.39, 0.29) is 11.4 Å². The summed E-state index contributed by atoms with van der Waals surface area (Å²) in [5.74, 6) is 0.247. The number of nitrogens with one attached hydrogen (secondary N) is 1. The van der Waals surface area contributed by atoms with Gasteiger partial charge in [0.25, 0.3) is 0 Å². The van der Waals surface area contributed by atoms with Gasteiger partial charge in [0, 0.05) is 19.1 Å². The van der Waals surface area contributed by atoms with E-state index in [4.69, 9.17) is 0 Å². The van der Waals surface area contributed by atoms with Gasteiger partial charge in [-0.3, -0.25) is 10.1 Å². The standard InChI is InChI=1S/C12H24N2O/c1-5-6-7-8-14-9-10(2)13-12(3,4)11(14)15/h10,13H,5-9H2,1-4H3. The summed E-state index contributed by atoms with van der Waals surface area (Å²) in [5, 5.41) is 3.33. The second kappa shape index (κ2) is 4.97. The van der Waals surface area contributed by atoms with Crippen LogP contribution in [0.25, 0.3) is 0 Å². The largest absolute Gasteiger partial charge is 0.340 e. The number of piperazine rings is 1. The number of amides is 1. The van der Waals surface area contributed by atoms with Crippen LogP contribution < -0.4 is 5.32 Å². The maximum atomic E-state index is 12.1. The minimum atomic E-state index is -0.385. The topological polar surface area (TPSA) is 32.3 Å². The van der Waals surface area contributed by atoms with E-state index in [1.54, 1.807) is 0 Å². The lowest BCUT2D eigenvalue weighted by molar-refractivity contribution is -0.141. The molecule has 1 heterocycles. The summed E-state index contributed by atoms with van der Waals surface area (Å²) in [7, 11) is 0. The summed E-state index contributed by atoms with van der Waals surface area (Å²) in [5.41, 5.74) is -0.385. The van der Waals surface area contributed by atoms with Crippen LogP contribution in [-0.4, -0.2) is 35.5 Å². The number of carbonyl (C=O) groups excluding carboxylic acids is 1. The summed E-state index contributed by atoms with van der Waals surface area (Å²) in [4.78, 5) is 14.1. The Morgan fingerprint density at radius 3 is 2.73 bits per heavy atom. The predicted octanol–water partition coefficient (Wildman–Crippen LogP) is 1.78. The Balaban J connectivity index is 2.52. The van der Waals surface area contributed by atoms with Gasteiger partial charge >= 0.3 is 0 Å². The van der Waals surface area contributed by atoms with Crippen molar-refractivity contribution in [3.05, 3.63) is 0 Å². The van der Waals surface area contributed by atoms with Crippen molar-refractivity contribution in [3.63, 3.8) is 0 Å². The molecule has 0 aromatic heterocycles. The molecule has 1 rings (SSSR count). The van der Waals surface area contributed by atoms with Crippen LogP contribution in [0.2, 0.25) is 0 Å². The minimum absolute atomic E-state index is 0.247. The predicted molar refractivity (Wildman–Crippen MR) is 62.8 cm³/mol. The van der Waals surface area contributed by atoms with Crippen molar-refractivity contribution in [2.45, 2.75) is 58.5 Å². The third-order valence-corrected chi connectivity index (χ3v) is 2.95. The molecule has 0 saturated carbocycles. The molecule has 88 valence electrons. The van der Waals surface area contributed by atoms with Gasteiger partial charge in [0.1, 0.15) is 0 Å². The van der Waals surface area contributed by atoms with E-state index in [1.807, 2.05) is 18.7 Å². The van der Waals surface area contributed by atoms with Gasteiger partial charge in [0.2, 0.25) is 5.91 Å². The minimum Gasteiger partial charge on any atom is -0.340 e. The molecular formula is C12H24N2O. The van der Waals surface area contributed by atoms with Gasteiger partial charge in [0.15, 0.2) is 0 Å². The molecular weight excluding hydrogens is 188 g/mol. The van der Waals surface area contributed by atoms with E-state index in [1.165, 1.54) is 12.8 Å². The first-order valence-electron chi connectivity index (χ1n) is 6.04. The lowest BCUT2D eigenvalue weighted by Gasteiger charge is -2.41. The molecule has 1 atom stereocenters. The van der Waals surface area contributed by atoms with Gasteiger partial charge in [-0.25, -0.2) is 0 Å². The maximum absolute atomic E-state index is 12.1. The van der Waals surface area contributed by atoms with Crippen LogP contribution in [0, 0.1) is 0 Å². The van der Waals surface area contributed by atoms with Crippen molar-refractivity contribution in [2.75, 3.05) is 13.1 Å². The number of hydrogen-bond acceptors (Lipinski definition) is 2. The van der Waals surface area contributed by atoms with Crippen molar-refractivity contribution in [1.29, 1.82) is 0 Å². The first kappa shape index (κ1) is 12.5. The van der Waals surface area contributed by atoms with Crippen molar-refractivity contribution < 1.29 is 4.79 Å². The zero-order chi connectivity index (χ0) is 11.5. The highest BCUT2D eigenvalue weighted by Gasteiger charge is 2.37. The van der Waals surface area contributed by atoms with Crippen molar-refractivity contribution in [3.8, 4) is 0 Å². The van der Waals surface area contributed by atoms with Crippen LogP contribution in [0.4, 0.5) is 0 Å². The molecule has 0 aliphatic carbocycles. The van der Waals surface area contributed by atoms with Gasteiger partial charge in [-0.15, -0.1) is 0 Å². The molecule has 1 unspecified atom stereocenters. The van der Waals surface area contributed by atoms with E-state index in [9.17, 15) is 4.79 Å². The van der Waals surface area contributed by atoms with Gasteiger partial charge in [0.05, 0.1) is 5.54 Å². The second-order valence-corrected chi connectivity index (χ2v) is 5.13. The average molecular weight is 212 g/mol. The maximum Gasteiger partial charge on any atom is 0.242 e. The van der Waals surface area contributed by atoms with E-state index in [0.717, 1.165) is 19.5 Å². The smallest absolute Gasteiger partial charge is 0.242 e. The van der Waals surface area contributed by atoms with E-state index >= 15 is 0 Å². The highest BCUT2D eigenvalue weighted by atomic mass is 16.2. The van der Waals surface area contributed by atoms with Crippen molar-refractivity contribution in [2.24, 2.45) is 0 Å². The zero-order valence-electron chi connectivity index (χ0n) is 10.5. The highest BCUT2D eigenvalue weighted by molar-refractivity contribution is 5.86. The molecule has 1 aliphatic heterocycles. The fourth-order valence-corrected chi connectivity index (χ4v) is 2.28. The summed E-state index contributed by atoms with van der Waals surface area (Å²) >= 11 is 0. The molecule has 15 heavy (non-hydrogen) atoms. The Kier molecular flexibility index (Phi) is 4.14. The van der Waals surface area contributed by atoms with Gasteiger partial charge in [-0.2, -0.15) is 0 Å². The molecule has 0 bridgehead atoms. The Morgan fingerprint density at radius 2 is 2.13 bits per heavy atom. The van der Waals surface area contributed by atoms with Gasteiger partial charge in [-0.1, -0.05) is 19.8 Å². The molecule has 3 heteroatoms. The molecule has 0 spiro atoms. The SMILES string of the molecule is CCCCCN1CC(C)NC(C)(C)C1=O. The molecule has 0 aromatic carbocycles. The van der Waals surface area contributed by atoms with Crippen LogP contribution in [0.15, 0.2) is 0 Å². The van der Waals surface area contributed by atoms with Crippen LogP contribution in [-0.2, 0) is 4.79 Å². The Labute approximate surface area is 93.2 Å². The first-order chi connectivity index (χ1) is 6.97. The lowest BCUT2D eigenvalue weighted by atomic mass is 9.97. The molecule has 3 nitrogen and oxygen atoms in total. The van der Waals surface area contributed by atoms with Crippen LogP contribution >= 0.6 is 0 Å². The Bertz CT molecular complexity index is 226. The Hall–Kier alpha value is -0.570. The summed E-state index contributed by atoms with van der Waals surface area (Å²) in [6, 6.07) is 0.402. The molecule has 1 saturated heterocycles. The molecule has 0 radical (unpaired) electrons. The summed E-state index contributed by atoms with van der Waals surface area (Å²) < 4.78 is 0. The number of hydrogen-bond donors (Lipinski definition) is 1. The number of unbranched alkanes of at least 4 members (excludes halogenated alkanes) is 2. The molecule has 1 aliphatic rings. The first-order valence-corrected chi connectivity index (χ1v) is 6.04. The van der Waals surface area contributed by atoms with Gasteiger partial charge < -0.3 is 4.90 Å². The van der Waals surface area contributed by atoms with Gasteiger partial charge in [-0.05, 0) is 27.2 Å². The monoisotopic (exact) mass is 212 g/mol. The third-order valence-electron chi connectivity index (χ3n) is 2.95. The molecule has 1 fully saturated rings. The molecule has 1 amide bonds. The van der Waals surface area contributed by atoms with E-state index < -0.39 is 0 Å². The normalized spacial score (nSPS) is 25.7. The summed E-state index contributed by atoms with van der Waals surface area (Å²) in [6.45, 7) is 10.0. The van der Waals surface area contributed by atoms with E-state index in [2.05, 4.69) is 19.2 Å². The summed E-state index contributed by atoms with van der Waals surface area (Å²) in [6.07, 6.45) is 3.55. The number of rotatable bonds is 4. The molecule has 1 N–H and O–H groups in total. The second-order valence-electron chi connectivity index (χ2n) is 5.13. The van der Waals surface area contributed by atoms with Crippen molar-refractivity contribution >= 4 is 5.91 Å². The fraction of sp³-hybridized carbons (Fsp3) is 0.917. The number of carbonyl (C=O) groups is 1. The average Bonchev–Trinajstić information content (AvgIpc) is 2.13. The van der Waals surface area contributed by atoms with E-state index in [0.29, 0.717) is 6.04 Å². The lowest BCUT2D eigenvalue weighted by Crippen LogP contribution is -2.64.